The van der Waals surface area contributed by atoms with Crippen molar-refractivity contribution < 1.29 is 9.47 Å². The molecule has 0 saturated carbocycles. The third-order valence-electron chi connectivity index (χ3n) is 4.85. The monoisotopic (exact) mass is 365 g/mol. The van der Waals surface area contributed by atoms with Crippen molar-refractivity contribution >= 4 is 0 Å². The highest BCUT2D eigenvalue weighted by atomic mass is 16.5. The molecule has 1 saturated heterocycles. The van der Waals surface area contributed by atoms with Gasteiger partial charge in [0.15, 0.2) is 0 Å². The summed E-state index contributed by atoms with van der Waals surface area (Å²) in [5.41, 5.74) is 0.929. The lowest BCUT2D eigenvalue weighted by Gasteiger charge is -2.31. The van der Waals surface area contributed by atoms with E-state index >= 15 is 0 Å². The van der Waals surface area contributed by atoms with Gasteiger partial charge in [0.1, 0.15) is 23.0 Å². The molecule has 0 aliphatic carbocycles. The molecule has 140 valence electrons. The van der Waals surface area contributed by atoms with E-state index in [-0.39, 0.29) is 0 Å². The molecule has 0 atom stereocenters. The van der Waals surface area contributed by atoms with Crippen LogP contribution in [0.2, 0.25) is 0 Å². The Morgan fingerprint density at radius 3 is 2.67 bits per heavy atom. The summed E-state index contributed by atoms with van der Waals surface area (Å²) in [6.07, 6.45) is 9.11. The number of piperidine rings is 1. The summed E-state index contributed by atoms with van der Waals surface area (Å²) in [7, 11) is 1.64. The van der Waals surface area contributed by atoms with E-state index in [0.717, 1.165) is 49.7 Å². The summed E-state index contributed by atoms with van der Waals surface area (Å²) in [4.78, 5) is 18.9. The Hall–Kier alpha value is -2.93. The largest absolute Gasteiger partial charge is 0.497 e. The highest BCUT2D eigenvalue weighted by Gasteiger charge is 2.25. The molecule has 0 amide bonds. The molecule has 2 aromatic heterocycles. The van der Waals surface area contributed by atoms with E-state index in [1.54, 1.807) is 25.7 Å². The molecule has 0 bridgehead atoms. The first-order valence-electron chi connectivity index (χ1n) is 9.15. The molecule has 3 aromatic rings. The van der Waals surface area contributed by atoms with Crippen molar-refractivity contribution in [1.29, 1.82) is 0 Å². The Kier molecular flexibility index (Phi) is 5.29. The normalized spacial score (nSPS) is 15.6. The summed E-state index contributed by atoms with van der Waals surface area (Å²) in [5.74, 6) is 3.38. The SMILES string of the molecule is COc1cccc(Oc2nccnc2C2CCN(Cc3ncc[nH]3)CC2)c1. The predicted molar refractivity (Wildman–Crippen MR) is 101 cm³/mol. The number of hydrogen-bond acceptors (Lipinski definition) is 6. The maximum absolute atomic E-state index is 6.04. The van der Waals surface area contributed by atoms with E-state index in [4.69, 9.17) is 9.47 Å². The second-order valence-corrected chi connectivity index (χ2v) is 6.61. The number of nitrogens with zero attached hydrogens (tertiary/aromatic N) is 4. The van der Waals surface area contributed by atoms with Crippen LogP contribution < -0.4 is 9.47 Å². The van der Waals surface area contributed by atoms with Crippen LogP contribution in [0.15, 0.2) is 49.1 Å². The van der Waals surface area contributed by atoms with E-state index in [0.29, 0.717) is 17.5 Å². The number of nitrogens with one attached hydrogen (secondary N) is 1. The third-order valence-corrected chi connectivity index (χ3v) is 4.85. The number of ether oxygens (including phenoxy) is 2. The molecule has 0 unspecified atom stereocenters. The van der Waals surface area contributed by atoms with Crippen LogP contribution in [-0.2, 0) is 6.54 Å². The minimum absolute atomic E-state index is 0.340. The number of H-pyrrole nitrogens is 1. The van der Waals surface area contributed by atoms with Gasteiger partial charge in [0, 0.05) is 36.8 Å². The van der Waals surface area contributed by atoms with Crippen molar-refractivity contribution in [2.45, 2.75) is 25.3 Å². The first kappa shape index (κ1) is 17.5. The molecule has 1 N–H and O–H groups in total. The molecule has 7 heteroatoms. The molecule has 0 radical (unpaired) electrons. The number of benzene rings is 1. The van der Waals surface area contributed by atoms with Crippen molar-refractivity contribution in [3.05, 3.63) is 60.6 Å². The fourth-order valence-electron chi connectivity index (χ4n) is 3.43. The minimum Gasteiger partial charge on any atom is -0.497 e. The Labute approximate surface area is 158 Å². The van der Waals surface area contributed by atoms with Crippen molar-refractivity contribution in [2.24, 2.45) is 0 Å². The predicted octanol–water partition coefficient (Wildman–Crippen LogP) is 3.38. The van der Waals surface area contributed by atoms with Crippen LogP contribution in [0.3, 0.4) is 0 Å². The van der Waals surface area contributed by atoms with Crippen LogP contribution in [0.25, 0.3) is 0 Å². The van der Waals surface area contributed by atoms with Gasteiger partial charge in [-0.15, -0.1) is 0 Å². The topological polar surface area (TPSA) is 76.2 Å². The van der Waals surface area contributed by atoms with Gasteiger partial charge >= 0.3 is 0 Å². The fraction of sp³-hybridized carbons (Fsp3) is 0.350. The molecule has 1 aliphatic heterocycles. The van der Waals surface area contributed by atoms with Crippen LogP contribution >= 0.6 is 0 Å². The Morgan fingerprint density at radius 1 is 1.07 bits per heavy atom. The average Bonchev–Trinajstić information content (AvgIpc) is 3.22. The first-order valence-corrected chi connectivity index (χ1v) is 9.15. The molecule has 1 fully saturated rings. The van der Waals surface area contributed by atoms with E-state index < -0.39 is 0 Å². The molecule has 1 aliphatic rings. The molecule has 1 aromatic carbocycles. The van der Waals surface area contributed by atoms with Crippen molar-refractivity contribution in [3.63, 3.8) is 0 Å². The summed E-state index contributed by atoms with van der Waals surface area (Å²) >= 11 is 0. The Bertz CT molecular complexity index is 860. The minimum atomic E-state index is 0.340. The third kappa shape index (κ3) is 4.25. The summed E-state index contributed by atoms with van der Waals surface area (Å²) < 4.78 is 11.3. The number of hydrogen-bond donors (Lipinski definition) is 1. The highest BCUT2D eigenvalue weighted by Crippen LogP contribution is 2.34. The van der Waals surface area contributed by atoms with E-state index in [1.165, 1.54) is 0 Å². The van der Waals surface area contributed by atoms with Gasteiger partial charge in [0.05, 0.1) is 13.7 Å². The molecule has 0 spiro atoms. The van der Waals surface area contributed by atoms with Crippen molar-refractivity contribution in [2.75, 3.05) is 20.2 Å². The second kappa shape index (κ2) is 8.18. The smallest absolute Gasteiger partial charge is 0.241 e. The van der Waals surface area contributed by atoms with Crippen molar-refractivity contribution in [3.8, 4) is 17.4 Å². The number of methoxy groups -OCH3 is 1. The standard InChI is InChI=1S/C20H23N5O2/c1-26-16-3-2-4-17(13-16)27-20-19(23-9-10-24-20)15-5-11-25(12-6-15)14-18-21-7-8-22-18/h2-4,7-10,13,15H,5-6,11-12,14H2,1H3,(H,21,22). The Morgan fingerprint density at radius 2 is 1.89 bits per heavy atom. The van der Waals surface area contributed by atoms with Gasteiger partial charge in [0.25, 0.3) is 0 Å². The molecule has 3 heterocycles. The van der Waals surface area contributed by atoms with Gasteiger partial charge in [-0.25, -0.2) is 9.97 Å². The lowest BCUT2D eigenvalue weighted by molar-refractivity contribution is 0.198. The quantitative estimate of drug-likeness (QED) is 0.722. The van der Waals surface area contributed by atoms with Gasteiger partial charge in [0.2, 0.25) is 5.88 Å². The fourth-order valence-corrected chi connectivity index (χ4v) is 3.43. The molecule has 27 heavy (non-hydrogen) atoms. The van der Waals surface area contributed by atoms with Crippen LogP contribution in [0, 0.1) is 0 Å². The highest BCUT2D eigenvalue weighted by molar-refractivity contribution is 5.36. The molecule has 4 rings (SSSR count). The van der Waals surface area contributed by atoms with Crippen LogP contribution in [0.4, 0.5) is 0 Å². The number of imidazole rings is 1. The van der Waals surface area contributed by atoms with E-state index in [2.05, 4.69) is 24.8 Å². The van der Waals surface area contributed by atoms with Crippen LogP contribution in [0.5, 0.6) is 17.4 Å². The number of likely N-dealkylation sites (tertiary alicyclic amines) is 1. The summed E-state index contributed by atoms with van der Waals surface area (Å²) in [5, 5.41) is 0. The van der Waals surface area contributed by atoms with E-state index in [9.17, 15) is 0 Å². The van der Waals surface area contributed by atoms with Crippen LogP contribution in [-0.4, -0.2) is 45.0 Å². The lowest BCUT2D eigenvalue weighted by atomic mass is 9.93. The van der Waals surface area contributed by atoms with Crippen molar-refractivity contribution in [1.82, 2.24) is 24.8 Å². The van der Waals surface area contributed by atoms with E-state index in [1.807, 2.05) is 30.5 Å². The maximum Gasteiger partial charge on any atom is 0.241 e. The Balaban J connectivity index is 1.43. The number of rotatable bonds is 6. The van der Waals surface area contributed by atoms with Gasteiger partial charge in [-0.05, 0) is 38.1 Å². The van der Waals surface area contributed by atoms with Gasteiger partial charge < -0.3 is 14.5 Å². The molecular formula is C20H23N5O2. The average molecular weight is 365 g/mol. The second-order valence-electron chi connectivity index (χ2n) is 6.61. The number of aromatic amines is 1. The molecular weight excluding hydrogens is 342 g/mol. The first-order chi connectivity index (χ1) is 13.3. The molecule has 7 nitrogen and oxygen atoms in total. The summed E-state index contributed by atoms with van der Waals surface area (Å²) in [6, 6.07) is 7.54. The lowest BCUT2D eigenvalue weighted by Crippen LogP contribution is -2.33. The summed E-state index contributed by atoms with van der Waals surface area (Å²) in [6.45, 7) is 2.86. The zero-order chi connectivity index (χ0) is 18.5. The maximum atomic E-state index is 6.04. The van der Waals surface area contributed by atoms with Gasteiger partial charge in [-0.2, -0.15) is 0 Å². The number of aromatic nitrogens is 4. The zero-order valence-electron chi connectivity index (χ0n) is 15.3. The van der Waals surface area contributed by atoms with Gasteiger partial charge in [-0.3, -0.25) is 9.88 Å². The van der Waals surface area contributed by atoms with Gasteiger partial charge in [-0.1, -0.05) is 6.07 Å². The zero-order valence-corrected chi connectivity index (χ0v) is 15.3. The van der Waals surface area contributed by atoms with Crippen LogP contribution in [0.1, 0.15) is 30.3 Å².